The molecule has 0 aliphatic carbocycles. The number of benzene rings is 1. The Morgan fingerprint density at radius 2 is 1.95 bits per heavy atom. The van der Waals surface area contributed by atoms with Gasteiger partial charge in [0.1, 0.15) is 0 Å². The standard InChI is InChI=1S/C14H20N2O3S/c1-11(2)16-10-12(8-14(16)17)9-15-20(18,19)13-6-4-3-5-7-13/h3-7,11-12,15H,8-10H2,1-2H3. The van der Waals surface area contributed by atoms with Gasteiger partial charge in [-0.1, -0.05) is 18.2 Å². The van der Waals surface area contributed by atoms with Crippen molar-refractivity contribution in [1.82, 2.24) is 9.62 Å². The van der Waals surface area contributed by atoms with Crippen LogP contribution in [-0.4, -0.2) is 38.4 Å². The van der Waals surface area contributed by atoms with Gasteiger partial charge < -0.3 is 4.90 Å². The Bertz CT molecular complexity index is 569. The number of hydrogen-bond donors (Lipinski definition) is 1. The lowest BCUT2D eigenvalue weighted by Gasteiger charge is -2.21. The first-order chi connectivity index (χ1) is 9.40. The third kappa shape index (κ3) is 3.37. The molecule has 0 aromatic heterocycles. The molecule has 1 aromatic carbocycles. The van der Waals surface area contributed by atoms with Crippen LogP contribution < -0.4 is 4.72 Å². The Labute approximate surface area is 120 Å². The molecule has 1 amide bonds. The normalized spacial score (nSPS) is 19.9. The van der Waals surface area contributed by atoms with Crippen LogP contribution in [0.1, 0.15) is 20.3 Å². The number of likely N-dealkylation sites (tertiary alicyclic amines) is 1. The molecule has 20 heavy (non-hydrogen) atoms. The van der Waals surface area contributed by atoms with Crippen LogP contribution in [0, 0.1) is 5.92 Å². The monoisotopic (exact) mass is 296 g/mol. The molecule has 6 heteroatoms. The smallest absolute Gasteiger partial charge is 0.240 e. The summed E-state index contributed by atoms with van der Waals surface area (Å²) in [5.41, 5.74) is 0. The number of nitrogens with zero attached hydrogens (tertiary/aromatic N) is 1. The number of rotatable bonds is 5. The van der Waals surface area contributed by atoms with Gasteiger partial charge in [-0.3, -0.25) is 4.79 Å². The highest BCUT2D eigenvalue weighted by atomic mass is 32.2. The van der Waals surface area contributed by atoms with Crippen molar-refractivity contribution < 1.29 is 13.2 Å². The molecule has 1 fully saturated rings. The van der Waals surface area contributed by atoms with Crippen LogP contribution >= 0.6 is 0 Å². The van der Waals surface area contributed by atoms with E-state index in [9.17, 15) is 13.2 Å². The largest absolute Gasteiger partial charge is 0.340 e. The zero-order chi connectivity index (χ0) is 14.8. The van der Waals surface area contributed by atoms with Crippen LogP contribution in [0.4, 0.5) is 0 Å². The van der Waals surface area contributed by atoms with Gasteiger partial charge in [-0.15, -0.1) is 0 Å². The second-order valence-electron chi connectivity index (χ2n) is 5.37. The van der Waals surface area contributed by atoms with Crippen molar-refractivity contribution in [2.75, 3.05) is 13.1 Å². The Hall–Kier alpha value is -1.40. The van der Waals surface area contributed by atoms with Crippen molar-refractivity contribution in [3.05, 3.63) is 30.3 Å². The lowest BCUT2D eigenvalue weighted by molar-refractivity contribution is -0.129. The SMILES string of the molecule is CC(C)N1CC(CNS(=O)(=O)c2ccccc2)CC1=O. The van der Waals surface area contributed by atoms with Crippen LogP contribution in [0.25, 0.3) is 0 Å². The van der Waals surface area contributed by atoms with E-state index >= 15 is 0 Å². The van der Waals surface area contributed by atoms with Gasteiger partial charge in [-0.05, 0) is 31.9 Å². The third-order valence-corrected chi connectivity index (χ3v) is 4.92. The first-order valence-corrected chi connectivity index (χ1v) is 8.22. The van der Waals surface area contributed by atoms with Crippen LogP contribution in [-0.2, 0) is 14.8 Å². The number of nitrogens with one attached hydrogen (secondary N) is 1. The van der Waals surface area contributed by atoms with Gasteiger partial charge >= 0.3 is 0 Å². The van der Waals surface area contributed by atoms with Crippen molar-refractivity contribution in [2.45, 2.75) is 31.2 Å². The minimum atomic E-state index is -3.48. The number of amides is 1. The molecule has 1 unspecified atom stereocenters. The first-order valence-electron chi connectivity index (χ1n) is 6.74. The predicted molar refractivity (Wildman–Crippen MR) is 76.6 cm³/mol. The highest BCUT2D eigenvalue weighted by Gasteiger charge is 2.31. The van der Waals surface area contributed by atoms with Crippen LogP contribution in [0.3, 0.4) is 0 Å². The van der Waals surface area contributed by atoms with Gasteiger partial charge in [0.15, 0.2) is 0 Å². The quantitative estimate of drug-likeness (QED) is 0.888. The maximum absolute atomic E-state index is 12.1. The fraction of sp³-hybridized carbons (Fsp3) is 0.500. The molecule has 1 saturated heterocycles. The van der Waals surface area contributed by atoms with Gasteiger partial charge in [0.05, 0.1) is 4.90 Å². The Morgan fingerprint density at radius 3 is 2.50 bits per heavy atom. The van der Waals surface area contributed by atoms with E-state index in [0.717, 1.165) is 0 Å². The first kappa shape index (κ1) is 15.0. The van der Waals surface area contributed by atoms with Gasteiger partial charge in [0.25, 0.3) is 0 Å². The van der Waals surface area contributed by atoms with E-state index in [1.807, 2.05) is 13.8 Å². The molecule has 0 bridgehead atoms. The number of carbonyl (C=O) groups is 1. The van der Waals surface area contributed by atoms with Crippen molar-refractivity contribution in [3.8, 4) is 0 Å². The minimum absolute atomic E-state index is 0.0448. The Morgan fingerprint density at radius 1 is 1.30 bits per heavy atom. The molecule has 1 aliphatic heterocycles. The summed E-state index contributed by atoms with van der Waals surface area (Å²) in [5.74, 6) is 0.146. The number of carbonyl (C=O) groups excluding carboxylic acids is 1. The van der Waals surface area contributed by atoms with E-state index in [-0.39, 0.29) is 22.8 Å². The van der Waals surface area contributed by atoms with Crippen molar-refractivity contribution >= 4 is 15.9 Å². The van der Waals surface area contributed by atoms with Gasteiger partial charge in [-0.2, -0.15) is 0 Å². The van der Waals surface area contributed by atoms with Gasteiger partial charge in [0, 0.05) is 25.6 Å². The van der Waals surface area contributed by atoms with Crippen LogP contribution in [0.5, 0.6) is 0 Å². The van der Waals surface area contributed by atoms with Crippen molar-refractivity contribution in [1.29, 1.82) is 0 Å². The highest BCUT2D eigenvalue weighted by molar-refractivity contribution is 7.89. The molecule has 1 atom stereocenters. The molecule has 0 saturated carbocycles. The molecule has 1 N–H and O–H groups in total. The fourth-order valence-electron chi connectivity index (χ4n) is 2.35. The summed E-state index contributed by atoms with van der Waals surface area (Å²) in [6.07, 6.45) is 0.412. The van der Waals surface area contributed by atoms with Crippen LogP contribution in [0.15, 0.2) is 35.2 Å². The number of sulfonamides is 1. The zero-order valence-electron chi connectivity index (χ0n) is 11.7. The van der Waals surface area contributed by atoms with E-state index in [4.69, 9.17) is 0 Å². The minimum Gasteiger partial charge on any atom is -0.340 e. The topological polar surface area (TPSA) is 66.5 Å². The van der Waals surface area contributed by atoms with E-state index in [2.05, 4.69) is 4.72 Å². The fourth-order valence-corrected chi connectivity index (χ4v) is 3.49. The molecule has 110 valence electrons. The van der Waals surface area contributed by atoms with E-state index < -0.39 is 10.0 Å². The summed E-state index contributed by atoms with van der Waals surface area (Å²) in [7, 11) is -3.48. The maximum Gasteiger partial charge on any atom is 0.240 e. The molecule has 5 nitrogen and oxygen atoms in total. The number of hydrogen-bond acceptors (Lipinski definition) is 3. The highest BCUT2D eigenvalue weighted by Crippen LogP contribution is 2.20. The van der Waals surface area contributed by atoms with Gasteiger partial charge in [0.2, 0.25) is 15.9 Å². The summed E-state index contributed by atoms with van der Waals surface area (Å²) in [4.78, 5) is 13.8. The second kappa shape index (κ2) is 5.93. The molecule has 2 rings (SSSR count). The predicted octanol–water partition coefficient (Wildman–Crippen LogP) is 1.22. The average Bonchev–Trinajstić information content (AvgIpc) is 2.79. The summed E-state index contributed by atoms with van der Waals surface area (Å²) in [6.45, 7) is 4.85. The van der Waals surface area contributed by atoms with E-state index in [1.54, 1.807) is 35.2 Å². The van der Waals surface area contributed by atoms with E-state index in [1.165, 1.54) is 0 Å². The summed E-state index contributed by atoms with van der Waals surface area (Å²) in [5, 5.41) is 0. The van der Waals surface area contributed by atoms with Crippen LogP contribution in [0.2, 0.25) is 0 Å². The lowest BCUT2D eigenvalue weighted by atomic mass is 10.1. The molecular weight excluding hydrogens is 276 g/mol. The van der Waals surface area contributed by atoms with Gasteiger partial charge in [-0.25, -0.2) is 13.1 Å². The molecule has 0 spiro atoms. The van der Waals surface area contributed by atoms with Crippen molar-refractivity contribution in [3.63, 3.8) is 0 Å². The molecular formula is C14H20N2O3S. The maximum atomic E-state index is 12.1. The summed E-state index contributed by atoms with van der Waals surface area (Å²) < 4.78 is 26.7. The third-order valence-electron chi connectivity index (χ3n) is 3.48. The summed E-state index contributed by atoms with van der Waals surface area (Å²) in [6, 6.07) is 8.43. The second-order valence-corrected chi connectivity index (χ2v) is 7.14. The Balaban J connectivity index is 1.95. The van der Waals surface area contributed by atoms with E-state index in [0.29, 0.717) is 19.5 Å². The Kier molecular flexibility index (Phi) is 4.45. The zero-order valence-corrected chi connectivity index (χ0v) is 12.6. The molecule has 1 heterocycles. The van der Waals surface area contributed by atoms with Crippen molar-refractivity contribution in [2.24, 2.45) is 5.92 Å². The molecule has 1 aliphatic rings. The summed E-state index contributed by atoms with van der Waals surface area (Å²) >= 11 is 0. The molecule has 1 aromatic rings. The molecule has 0 radical (unpaired) electrons. The lowest BCUT2D eigenvalue weighted by Crippen LogP contribution is -2.34. The average molecular weight is 296 g/mol.